The standard InChI is InChI=1S/C40H74NO8P/c1-4-6-8-10-12-14-16-18-19-21-23-25-27-29-31-33-40(43)49-38(37-48-50(44,45)47-35-34-41-3)36-46-39(42)32-30-28-26-24-22-20-17-15-13-11-9-7-5-2/h6,8,12,14,18-19,38,41H,4-5,7,9-11,13,15-17,20-37H2,1-3H3,(H,44,45)/b8-6-,14-12-,19-18-. The maximum Gasteiger partial charge on any atom is 0.472 e. The highest BCUT2D eigenvalue weighted by molar-refractivity contribution is 7.47. The molecule has 0 amide bonds. The van der Waals surface area contributed by atoms with E-state index in [9.17, 15) is 19.0 Å². The first-order valence-corrected chi connectivity index (χ1v) is 21.4. The topological polar surface area (TPSA) is 120 Å². The highest BCUT2D eigenvalue weighted by Gasteiger charge is 2.26. The van der Waals surface area contributed by atoms with Crippen LogP contribution in [0.2, 0.25) is 0 Å². The van der Waals surface area contributed by atoms with E-state index in [0.717, 1.165) is 70.6 Å². The molecule has 0 radical (unpaired) electrons. The van der Waals surface area contributed by atoms with E-state index < -0.39 is 26.5 Å². The van der Waals surface area contributed by atoms with Crippen molar-refractivity contribution in [2.24, 2.45) is 0 Å². The van der Waals surface area contributed by atoms with E-state index in [2.05, 4.69) is 55.6 Å². The average Bonchev–Trinajstić information content (AvgIpc) is 3.09. The number of phosphoric ester groups is 1. The molecule has 2 unspecified atom stereocenters. The number of hydrogen-bond acceptors (Lipinski definition) is 8. The predicted octanol–water partition coefficient (Wildman–Crippen LogP) is 10.9. The molecule has 0 aromatic heterocycles. The summed E-state index contributed by atoms with van der Waals surface area (Å²) in [5, 5.41) is 2.82. The van der Waals surface area contributed by atoms with Gasteiger partial charge < -0.3 is 19.7 Å². The van der Waals surface area contributed by atoms with Gasteiger partial charge >= 0.3 is 19.8 Å². The summed E-state index contributed by atoms with van der Waals surface area (Å²) >= 11 is 0. The van der Waals surface area contributed by atoms with Crippen molar-refractivity contribution in [3.63, 3.8) is 0 Å². The summed E-state index contributed by atoms with van der Waals surface area (Å²) in [7, 11) is -2.65. The molecule has 0 aliphatic carbocycles. The minimum Gasteiger partial charge on any atom is -0.462 e. The number of esters is 2. The maximum absolute atomic E-state index is 12.6. The monoisotopic (exact) mass is 728 g/mol. The van der Waals surface area contributed by atoms with Crippen molar-refractivity contribution in [3.05, 3.63) is 36.5 Å². The van der Waals surface area contributed by atoms with Crippen LogP contribution in [0.1, 0.15) is 168 Å². The number of carbonyl (C=O) groups is 2. The lowest BCUT2D eigenvalue weighted by atomic mass is 10.0. The van der Waals surface area contributed by atoms with Gasteiger partial charge in [0.05, 0.1) is 13.2 Å². The van der Waals surface area contributed by atoms with Gasteiger partial charge in [-0.1, -0.05) is 147 Å². The molecule has 50 heavy (non-hydrogen) atoms. The number of allylic oxidation sites excluding steroid dienone is 6. The zero-order valence-corrected chi connectivity index (χ0v) is 33.0. The Morgan fingerprint density at radius 3 is 1.70 bits per heavy atom. The highest BCUT2D eigenvalue weighted by Crippen LogP contribution is 2.43. The van der Waals surface area contributed by atoms with Crippen LogP contribution >= 0.6 is 7.82 Å². The van der Waals surface area contributed by atoms with Gasteiger partial charge in [-0.15, -0.1) is 0 Å². The fraction of sp³-hybridized carbons (Fsp3) is 0.800. The van der Waals surface area contributed by atoms with Gasteiger partial charge in [-0.2, -0.15) is 0 Å². The average molecular weight is 728 g/mol. The molecule has 10 heteroatoms. The Morgan fingerprint density at radius 1 is 0.640 bits per heavy atom. The van der Waals surface area contributed by atoms with Crippen molar-refractivity contribution in [2.75, 3.05) is 33.4 Å². The Morgan fingerprint density at radius 2 is 1.14 bits per heavy atom. The van der Waals surface area contributed by atoms with Crippen LogP contribution < -0.4 is 5.32 Å². The van der Waals surface area contributed by atoms with Gasteiger partial charge in [0.1, 0.15) is 6.61 Å². The van der Waals surface area contributed by atoms with Gasteiger partial charge in [-0.25, -0.2) is 4.57 Å². The molecule has 2 N–H and O–H groups in total. The number of hydrogen-bond donors (Lipinski definition) is 2. The summed E-state index contributed by atoms with van der Waals surface area (Å²) < 4.78 is 33.1. The van der Waals surface area contributed by atoms with Crippen LogP contribution in [-0.2, 0) is 32.7 Å². The fourth-order valence-corrected chi connectivity index (χ4v) is 6.02. The number of phosphoric acid groups is 1. The van der Waals surface area contributed by atoms with Crippen molar-refractivity contribution in [3.8, 4) is 0 Å². The van der Waals surface area contributed by atoms with Gasteiger partial charge in [-0.3, -0.25) is 18.6 Å². The molecular formula is C40H74NO8P. The second-order valence-electron chi connectivity index (χ2n) is 13.1. The van der Waals surface area contributed by atoms with Crippen molar-refractivity contribution in [2.45, 2.75) is 174 Å². The summed E-state index contributed by atoms with van der Waals surface area (Å²) in [5.74, 6) is -0.825. The van der Waals surface area contributed by atoms with Crippen molar-refractivity contribution in [1.82, 2.24) is 5.32 Å². The molecule has 2 atom stereocenters. The lowest BCUT2D eigenvalue weighted by Crippen LogP contribution is -2.29. The molecule has 0 aromatic rings. The van der Waals surface area contributed by atoms with Crippen LogP contribution in [0.4, 0.5) is 0 Å². The molecule has 0 fully saturated rings. The molecule has 292 valence electrons. The molecular weight excluding hydrogens is 653 g/mol. The van der Waals surface area contributed by atoms with Gasteiger partial charge in [0.2, 0.25) is 0 Å². The second-order valence-corrected chi connectivity index (χ2v) is 14.5. The molecule has 0 aliphatic heterocycles. The van der Waals surface area contributed by atoms with E-state index in [1.807, 2.05) is 0 Å². The lowest BCUT2D eigenvalue weighted by Gasteiger charge is -2.20. The summed E-state index contributed by atoms with van der Waals surface area (Å²) in [6.07, 6.45) is 37.5. The first-order chi connectivity index (χ1) is 24.3. The van der Waals surface area contributed by atoms with E-state index in [1.54, 1.807) is 7.05 Å². The molecule has 0 bridgehead atoms. The van der Waals surface area contributed by atoms with Crippen LogP contribution in [0.3, 0.4) is 0 Å². The zero-order valence-electron chi connectivity index (χ0n) is 32.1. The minimum absolute atomic E-state index is 0.0202. The maximum atomic E-state index is 12.6. The predicted molar refractivity (Wildman–Crippen MR) is 206 cm³/mol. The van der Waals surface area contributed by atoms with Gasteiger partial charge in [0.25, 0.3) is 0 Å². The van der Waals surface area contributed by atoms with E-state index >= 15 is 0 Å². The Balaban J connectivity index is 4.29. The van der Waals surface area contributed by atoms with Crippen LogP contribution in [0.15, 0.2) is 36.5 Å². The van der Waals surface area contributed by atoms with Gasteiger partial charge in [0.15, 0.2) is 6.10 Å². The van der Waals surface area contributed by atoms with Crippen LogP contribution in [0.5, 0.6) is 0 Å². The number of ether oxygens (including phenoxy) is 2. The van der Waals surface area contributed by atoms with Crippen LogP contribution in [0, 0.1) is 0 Å². The quantitative estimate of drug-likeness (QED) is 0.0279. The Kier molecular flexibility index (Phi) is 35.7. The van der Waals surface area contributed by atoms with Gasteiger partial charge in [-0.05, 0) is 52.0 Å². The molecule has 0 heterocycles. The van der Waals surface area contributed by atoms with Crippen molar-refractivity contribution in [1.29, 1.82) is 0 Å². The number of carbonyl (C=O) groups excluding carboxylic acids is 2. The lowest BCUT2D eigenvalue weighted by molar-refractivity contribution is -0.161. The minimum atomic E-state index is -4.35. The smallest absolute Gasteiger partial charge is 0.462 e. The zero-order chi connectivity index (χ0) is 36.8. The number of nitrogens with one attached hydrogen (secondary N) is 1. The number of unbranched alkanes of at least 4 members (excludes halogenated alkanes) is 17. The van der Waals surface area contributed by atoms with E-state index in [0.29, 0.717) is 13.0 Å². The normalized spacial score (nSPS) is 13.8. The van der Waals surface area contributed by atoms with E-state index in [-0.39, 0.29) is 32.0 Å². The molecule has 0 aliphatic rings. The third kappa shape index (κ3) is 36.0. The van der Waals surface area contributed by atoms with Crippen molar-refractivity contribution >= 4 is 19.8 Å². The number of likely N-dealkylation sites (N-methyl/N-ethyl adjacent to an activating group) is 1. The molecule has 0 saturated heterocycles. The second kappa shape index (κ2) is 37.0. The summed E-state index contributed by atoms with van der Waals surface area (Å²) in [6.45, 7) is 4.08. The Labute approximate surface area is 306 Å². The van der Waals surface area contributed by atoms with E-state index in [1.165, 1.54) is 64.2 Å². The summed E-state index contributed by atoms with van der Waals surface area (Å²) in [4.78, 5) is 34.9. The van der Waals surface area contributed by atoms with Gasteiger partial charge in [0, 0.05) is 19.4 Å². The molecule has 0 rings (SSSR count). The molecule has 0 spiro atoms. The molecule has 0 aromatic carbocycles. The summed E-state index contributed by atoms with van der Waals surface area (Å²) in [5.41, 5.74) is 0. The third-order valence-corrected chi connectivity index (χ3v) is 9.26. The van der Waals surface area contributed by atoms with Crippen LogP contribution in [0.25, 0.3) is 0 Å². The van der Waals surface area contributed by atoms with Crippen LogP contribution in [-0.4, -0.2) is 56.3 Å². The Bertz CT molecular complexity index is 923. The first kappa shape index (κ1) is 48.2. The van der Waals surface area contributed by atoms with E-state index in [4.69, 9.17) is 18.5 Å². The fourth-order valence-electron chi connectivity index (χ4n) is 5.27. The highest BCUT2D eigenvalue weighted by atomic mass is 31.2. The number of rotatable bonds is 37. The molecule has 9 nitrogen and oxygen atoms in total. The SMILES string of the molecule is CC/C=C\C/C=C\C/C=C\CCCCCCCC(=O)OC(COC(=O)CCCCCCCCCCCCCCC)COP(=O)(O)OCCNC. The Hall–Kier alpha value is -1.77. The molecule has 0 saturated carbocycles. The first-order valence-electron chi connectivity index (χ1n) is 19.9. The third-order valence-electron chi connectivity index (χ3n) is 8.27. The summed E-state index contributed by atoms with van der Waals surface area (Å²) in [6, 6.07) is 0. The van der Waals surface area contributed by atoms with Crippen molar-refractivity contribution < 1.29 is 37.6 Å². The largest absolute Gasteiger partial charge is 0.472 e.